The molecule has 0 radical (unpaired) electrons. The number of anilines is 1. The van der Waals surface area contributed by atoms with E-state index in [-0.39, 0.29) is 11.7 Å². The van der Waals surface area contributed by atoms with E-state index in [1.54, 1.807) is 17.8 Å². The Morgan fingerprint density at radius 2 is 2.35 bits per heavy atom. The molecule has 1 aliphatic heterocycles. The predicted molar refractivity (Wildman–Crippen MR) is 72.7 cm³/mol. The summed E-state index contributed by atoms with van der Waals surface area (Å²) in [5.41, 5.74) is 7.20. The largest absolute Gasteiger partial charge is 0.491 e. The average molecular weight is 273 g/mol. The fraction of sp³-hybridized carbons (Fsp3) is 0.286. The molecule has 0 aliphatic carbocycles. The number of imidazole rings is 1. The fourth-order valence-electron chi connectivity index (χ4n) is 2.35. The number of esters is 1. The standard InChI is InChI=1S/C14H15N3O3/c1-2-19-14(18)12-13(15)17(8-16-12)10-7-20-11-6-4-3-5-9(10)11/h3-6,8,10H,2,7,15H2,1H3. The van der Waals surface area contributed by atoms with E-state index < -0.39 is 5.97 Å². The maximum atomic E-state index is 11.7. The van der Waals surface area contributed by atoms with Crippen molar-refractivity contribution in [2.45, 2.75) is 13.0 Å². The molecule has 6 heteroatoms. The summed E-state index contributed by atoms with van der Waals surface area (Å²) in [6, 6.07) is 7.69. The molecule has 1 aromatic carbocycles. The maximum Gasteiger partial charge on any atom is 0.360 e. The summed E-state index contributed by atoms with van der Waals surface area (Å²) < 4.78 is 12.3. The van der Waals surface area contributed by atoms with Crippen LogP contribution in [-0.2, 0) is 4.74 Å². The van der Waals surface area contributed by atoms with Crippen molar-refractivity contribution in [1.29, 1.82) is 0 Å². The Labute approximate surface area is 116 Å². The second-order valence-corrected chi connectivity index (χ2v) is 4.47. The lowest BCUT2D eigenvalue weighted by Gasteiger charge is -2.12. The highest BCUT2D eigenvalue weighted by Gasteiger charge is 2.28. The Morgan fingerprint density at radius 1 is 1.55 bits per heavy atom. The van der Waals surface area contributed by atoms with Crippen molar-refractivity contribution in [2.75, 3.05) is 18.9 Å². The van der Waals surface area contributed by atoms with Crippen LogP contribution in [0.4, 0.5) is 5.82 Å². The van der Waals surface area contributed by atoms with Crippen LogP contribution < -0.4 is 10.5 Å². The number of hydrogen-bond donors (Lipinski definition) is 1. The molecule has 20 heavy (non-hydrogen) atoms. The summed E-state index contributed by atoms with van der Waals surface area (Å²) in [5, 5.41) is 0. The van der Waals surface area contributed by atoms with Crippen molar-refractivity contribution in [3.63, 3.8) is 0 Å². The van der Waals surface area contributed by atoms with E-state index in [1.807, 2.05) is 24.3 Å². The Kier molecular flexibility index (Phi) is 3.06. The summed E-state index contributed by atoms with van der Waals surface area (Å²) in [6.07, 6.45) is 1.55. The minimum Gasteiger partial charge on any atom is -0.491 e. The number of rotatable bonds is 3. The molecule has 2 heterocycles. The predicted octanol–water partition coefficient (Wildman–Crippen LogP) is 1.62. The summed E-state index contributed by atoms with van der Waals surface area (Å²) >= 11 is 0. The van der Waals surface area contributed by atoms with Gasteiger partial charge >= 0.3 is 5.97 Å². The Bertz CT molecular complexity index is 651. The lowest BCUT2D eigenvalue weighted by atomic mass is 10.1. The van der Waals surface area contributed by atoms with Crippen LogP contribution in [0.15, 0.2) is 30.6 Å². The van der Waals surface area contributed by atoms with Crippen molar-refractivity contribution in [2.24, 2.45) is 0 Å². The lowest BCUT2D eigenvalue weighted by molar-refractivity contribution is 0.0521. The molecule has 2 aromatic rings. The van der Waals surface area contributed by atoms with Crippen LogP contribution in [-0.4, -0.2) is 28.7 Å². The van der Waals surface area contributed by atoms with Crippen molar-refractivity contribution in [3.05, 3.63) is 41.9 Å². The second-order valence-electron chi connectivity index (χ2n) is 4.47. The van der Waals surface area contributed by atoms with Gasteiger partial charge in [0.25, 0.3) is 0 Å². The molecule has 3 rings (SSSR count). The number of nitrogen functional groups attached to an aromatic ring is 1. The number of nitrogens with zero attached hydrogens (tertiary/aromatic N) is 2. The monoisotopic (exact) mass is 273 g/mol. The highest BCUT2D eigenvalue weighted by Crippen LogP contribution is 2.36. The van der Waals surface area contributed by atoms with Gasteiger partial charge in [-0.1, -0.05) is 18.2 Å². The van der Waals surface area contributed by atoms with Gasteiger partial charge in [0.15, 0.2) is 5.69 Å². The summed E-state index contributed by atoms with van der Waals surface area (Å²) in [4.78, 5) is 15.8. The van der Waals surface area contributed by atoms with Gasteiger partial charge in [0, 0.05) is 5.56 Å². The van der Waals surface area contributed by atoms with Gasteiger partial charge < -0.3 is 19.8 Å². The minimum atomic E-state index is -0.504. The topological polar surface area (TPSA) is 79.4 Å². The molecule has 1 atom stereocenters. The third-order valence-electron chi connectivity index (χ3n) is 3.31. The lowest BCUT2D eigenvalue weighted by Crippen LogP contribution is -2.15. The van der Waals surface area contributed by atoms with E-state index in [1.165, 1.54) is 0 Å². The molecule has 1 aromatic heterocycles. The number of para-hydroxylation sites is 1. The molecule has 0 fully saturated rings. The van der Waals surface area contributed by atoms with E-state index in [9.17, 15) is 4.79 Å². The zero-order chi connectivity index (χ0) is 14.1. The first-order valence-corrected chi connectivity index (χ1v) is 6.43. The number of hydrogen-bond acceptors (Lipinski definition) is 5. The van der Waals surface area contributed by atoms with Gasteiger partial charge in [-0.25, -0.2) is 9.78 Å². The van der Waals surface area contributed by atoms with Crippen LogP contribution in [0.25, 0.3) is 0 Å². The van der Waals surface area contributed by atoms with Gasteiger partial charge in [-0.05, 0) is 13.0 Å². The third-order valence-corrected chi connectivity index (χ3v) is 3.31. The second kappa shape index (κ2) is 4.88. The first-order chi connectivity index (χ1) is 9.72. The van der Waals surface area contributed by atoms with Crippen molar-refractivity contribution < 1.29 is 14.3 Å². The van der Waals surface area contributed by atoms with E-state index in [4.69, 9.17) is 15.2 Å². The van der Waals surface area contributed by atoms with Gasteiger partial charge in [0.1, 0.15) is 18.2 Å². The van der Waals surface area contributed by atoms with Crippen molar-refractivity contribution in [1.82, 2.24) is 9.55 Å². The molecular formula is C14H15N3O3. The number of benzene rings is 1. The van der Waals surface area contributed by atoms with Crippen LogP contribution in [0.5, 0.6) is 5.75 Å². The van der Waals surface area contributed by atoms with Gasteiger partial charge in [-0.2, -0.15) is 0 Å². The van der Waals surface area contributed by atoms with Gasteiger partial charge in [0.05, 0.1) is 19.0 Å². The van der Waals surface area contributed by atoms with E-state index in [0.717, 1.165) is 11.3 Å². The third kappa shape index (κ3) is 1.89. The molecule has 0 spiro atoms. The van der Waals surface area contributed by atoms with Crippen LogP contribution in [0.1, 0.15) is 29.0 Å². The first kappa shape index (κ1) is 12.5. The molecule has 1 unspecified atom stereocenters. The van der Waals surface area contributed by atoms with Crippen LogP contribution in [0.3, 0.4) is 0 Å². The Balaban J connectivity index is 1.95. The molecule has 0 bridgehead atoms. The average Bonchev–Trinajstić information content (AvgIpc) is 3.02. The smallest absolute Gasteiger partial charge is 0.360 e. The van der Waals surface area contributed by atoms with Gasteiger partial charge in [-0.15, -0.1) is 0 Å². The number of nitrogens with two attached hydrogens (primary N) is 1. The fourth-order valence-corrected chi connectivity index (χ4v) is 2.35. The van der Waals surface area contributed by atoms with E-state index in [0.29, 0.717) is 19.0 Å². The maximum absolute atomic E-state index is 11.7. The normalized spacial score (nSPS) is 16.6. The molecule has 1 aliphatic rings. The number of aromatic nitrogens is 2. The molecule has 0 saturated carbocycles. The molecule has 6 nitrogen and oxygen atoms in total. The zero-order valence-electron chi connectivity index (χ0n) is 11.1. The van der Waals surface area contributed by atoms with Crippen LogP contribution in [0.2, 0.25) is 0 Å². The van der Waals surface area contributed by atoms with E-state index in [2.05, 4.69) is 4.98 Å². The van der Waals surface area contributed by atoms with Gasteiger partial charge in [-0.3, -0.25) is 0 Å². The summed E-state index contributed by atoms with van der Waals surface area (Å²) in [5.74, 6) is 0.632. The van der Waals surface area contributed by atoms with Crippen molar-refractivity contribution >= 4 is 11.8 Å². The Hall–Kier alpha value is -2.50. The molecule has 104 valence electrons. The van der Waals surface area contributed by atoms with Crippen LogP contribution >= 0.6 is 0 Å². The summed E-state index contributed by atoms with van der Waals surface area (Å²) in [7, 11) is 0. The first-order valence-electron chi connectivity index (χ1n) is 6.43. The number of carbonyl (C=O) groups excluding carboxylic acids is 1. The molecule has 2 N–H and O–H groups in total. The van der Waals surface area contributed by atoms with E-state index >= 15 is 0 Å². The highest BCUT2D eigenvalue weighted by atomic mass is 16.5. The molecular weight excluding hydrogens is 258 g/mol. The number of fused-ring (bicyclic) bond motifs is 1. The summed E-state index contributed by atoms with van der Waals surface area (Å²) in [6.45, 7) is 2.51. The molecule has 0 saturated heterocycles. The number of carbonyl (C=O) groups is 1. The number of ether oxygens (including phenoxy) is 2. The highest BCUT2D eigenvalue weighted by molar-refractivity contribution is 5.92. The molecule has 0 amide bonds. The Morgan fingerprint density at radius 3 is 3.15 bits per heavy atom. The van der Waals surface area contributed by atoms with Crippen molar-refractivity contribution in [3.8, 4) is 5.75 Å². The minimum absolute atomic E-state index is 0.0677. The quantitative estimate of drug-likeness (QED) is 0.860. The SMILES string of the molecule is CCOC(=O)c1ncn(C2COc3ccccc32)c1N. The van der Waals surface area contributed by atoms with Crippen LogP contribution in [0, 0.1) is 0 Å². The zero-order valence-corrected chi connectivity index (χ0v) is 11.1. The van der Waals surface area contributed by atoms with Gasteiger partial charge in [0.2, 0.25) is 0 Å².